The van der Waals surface area contributed by atoms with Crippen molar-refractivity contribution in [1.82, 2.24) is 4.98 Å². The van der Waals surface area contributed by atoms with Gasteiger partial charge in [0.25, 0.3) is 9.84 Å². The van der Waals surface area contributed by atoms with Crippen LogP contribution < -0.4 is 0 Å². The van der Waals surface area contributed by atoms with Gasteiger partial charge in [0.1, 0.15) is 17.5 Å². The van der Waals surface area contributed by atoms with Crippen molar-refractivity contribution >= 4 is 20.8 Å². The second-order valence-electron chi connectivity index (χ2n) is 4.96. The minimum absolute atomic E-state index is 0.137. The van der Waals surface area contributed by atoms with E-state index in [4.69, 9.17) is 8.83 Å². The van der Waals surface area contributed by atoms with E-state index >= 15 is 0 Å². The molecule has 2 heterocycles. The molecule has 0 saturated carbocycles. The molecule has 114 valence electrons. The van der Waals surface area contributed by atoms with Crippen LogP contribution in [0.25, 0.3) is 22.4 Å². The van der Waals surface area contributed by atoms with Gasteiger partial charge in [0.2, 0.25) is 0 Å². The third-order valence-electron chi connectivity index (χ3n) is 3.44. The number of furan rings is 1. The zero-order valence-electron chi connectivity index (χ0n) is 11.8. The minimum atomic E-state index is -3.78. The molecular formula is C17H11NO4S. The fraction of sp³-hybridized carbons (Fsp3) is 0. The summed E-state index contributed by atoms with van der Waals surface area (Å²) >= 11 is 0. The molecule has 4 aromatic rings. The van der Waals surface area contributed by atoms with Crippen LogP contribution in [0, 0.1) is 0 Å². The van der Waals surface area contributed by atoms with Crippen LogP contribution in [0.2, 0.25) is 0 Å². The Morgan fingerprint density at radius 3 is 2.43 bits per heavy atom. The molecule has 0 radical (unpaired) electrons. The van der Waals surface area contributed by atoms with Gasteiger partial charge >= 0.3 is 5.22 Å². The zero-order chi connectivity index (χ0) is 15.9. The average Bonchev–Trinajstić information content (AvgIpc) is 3.22. The van der Waals surface area contributed by atoms with Crippen LogP contribution in [0.4, 0.5) is 0 Å². The van der Waals surface area contributed by atoms with Gasteiger partial charge in [0.05, 0.1) is 4.90 Å². The Kier molecular flexibility index (Phi) is 3.06. The van der Waals surface area contributed by atoms with Gasteiger partial charge in [-0.1, -0.05) is 36.4 Å². The van der Waals surface area contributed by atoms with E-state index in [2.05, 4.69) is 4.98 Å². The van der Waals surface area contributed by atoms with Crippen LogP contribution in [0.15, 0.2) is 85.9 Å². The molecule has 4 rings (SSSR count). The quantitative estimate of drug-likeness (QED) is 0.571. The fourth-order valence-corrected chi connectivity index (χ4v) is 3.41. The Labute approximate surface area is 132 Å². The molecule has 0 fully saturated rings. The van der Waals surface area contributed by atoms with Gasteiger partial charge in [-0.05, 0) is 24.3 Å². The molecule has 0 unspecified atom stereocenters. The maximum absolute atomic E-state index is 12.5. The summed E-state index contributed by atoms with van der Waals surface area (Å²) < 4.78 is 35.8. The number of fused-ring (bicyclic) bond motifs is 1. The molecule has 0 bridgehead atoms. The van der Waals surface area contributed by atoms with E-state index in [0.717, 1.165) is 5.39 Å². The Morgan fingerprint density at radius 2 is 1.65 bits per heavy atom. The van der Waals surface area contributed by atoms with Gasteiger partial charge in [-0.3, -0.25) is 0 Å². The Balaban J connectivity index is 1.77. The predicted molar refractivity (Wildman–Crippen MR) is 83.6 cm³/mol. The first-order valence-electron chi connectivity index (χ1n) is 6.89. The van der Waals surface area contributed by atoms with E-state index in [9.17, 15) is 8.42 Å². The normalized spacial score (nSPS) is 11.8. The molecule has 2 aromatic heterocycles. The molecule has 2 aromatic carbocycles. The van der Waals surface area contributed by atoms with E-state index in [1.807, 2.05) is 24.3 Å². The summed E-state index contributed by atoms with van der Waals surface area (Å²) in [5, 5.41) is 0.567. The molecule has 0 spiro atoms. The fourth-order valence-electron chi connectivity index (χ4n) is 2.30. The van der Waals surface area contributed by atoms with E-state index < -0.39 is 9.84 Å². The Morgan fingerprint density at radius 1 is 0.913 bits per heavy atom. The van der Waals surface area contributed by atoms with Gasteiger partial charge in [-0.25, -0.2) is 8.42 Å². The molecular weight excluding hydrogens is 314 g/mol. The van der Waals surface area contributed by atoms with Gasteiger partial charge in [-0.2, -0.15) is 4.98 Å². The highest BCUT2D eigenvalue weighted by atomic mass is 32.2. The number of aromatic nitrogens is 1. The average molecular weight is 325 g/mol. The van der Waals surface area contributed by atoms with Crippen molar-refractivity contribution in [1.29, 1.82) is 0 Å². The minimum Gasteiger partial charge on any atom is -0.454 e. The Hall–Kier alpha value is -2.86. The standard InChI is InChI=1S/C17H11NO4S/c19-23(20,13-7-2-1-3-8-13)17-18-14(11-21-17)16-10-12-6-4-5-9-15(12)22-16/h1-11H. The predicted octanol–water partition coefficient (Wildman–Crippen LogP) is 3.92. The van der Waals surface area contributed by atoms with E-state index in [1.165, 1.54) is 18.4 Å². The topological polar surface area (TPSA) is 73.3 Å². The summed E-state index contributed by atoms with van der Waals surface area (Å²) in [6.45, 7) is 0. The monoisotopic (exact) mass is 325 g/mol. The molecule has 0 aliphatic rings. The molecule has 0 saturated heterocycles. The van der Waals surface area contributed by atoms with Crippen LogP contribution >= 0.6 is 0 Å². The first kappa shape index (κ1) is 13.8. The number of nitrogens with zero attached hydrogens (tertiary/aromatic N) is 1. The lowest BCUT2D eigenvalue weighted by Crippen LogP contribution is -2.01. The van der Waals surface area contributed by atoms with Gasteiger partial charge in [0.15, 0.2) is 5.76 Å². The largest absolute Gasteiger partial charge is 0.454 e. The lowest BCUT2D eigenvalue weighted by atomic mass is 10.2. The summed E-state index contributed by atoms with van der Waals surface area (Å²) in [6.07, 6.45) is 1.29. The molecule has 0 atom stereocenters. The highest BCUT2D eigenvalue weighted by molar-refractivity contribution is 7.91. The van der Waals surface area contributed by atoms with Crippen molar-refractivity contribution in [3.63, 3.8) is 0 Å². The maximum Gasteiger partial charge on any atom is 0.320 e. The number of sulfone groups is 1. The molecule has 0 amide bonds. The lowest BCUT2D eigenvalue weighted by Gasteiger charge is -1.98. The third-order valence-corrected chi connectivity index (χ3v) is 4.98. The highest BCUT2D eigenvalue weighted by Crippen LogP contribution is 2.29. The SMILES string of the molecule is O=S(=O)(c1ccccc1)c1nc(-c2cc3ccccc3o2)co1. The third kappa shape index (κ3) is 2.33. The number of oxazole rings is 1. The number of rotatable bonds is 3. The molecule has 0 N–H and O–H groups in total. The van der Waals surface area contributed by atoms with Crippen LogP contribution in [0.3, 0.4) is 0 Å². The first-order chi connectivity index (χ1) is 11.1. The van der Waals surface area contributed by atoms with Crippen LogP contribution in [0.1, 0.15) is 0 Å². The molecule has 0 aliphatic heterocycles. The summed E-state index contributed by atoms with van der Waals surface area (Å²) in [7, 11) is -3.78. The first-order valence-corrected chi connectivity index (χ1v) is 8.37. The van der Waals surface area contributed by atoms with Crippen molar-refractivity contribution in [2.24, 2.45) is 0 Å². The van der Waals surface area contributed by atoms with E-state index in [-0.39, 0.29) is 10.1 Å². The van der Waals surface area contributed by atoms with Crippen LogP contribution in [-0.2, 0) is 9.84 Å². The zero-order valence-corrected chi connectivity index (χ0v) is 12.7. The van der Waals surface area contributed by atoms with Gasteiger partial charge in [0, 0.05) is 5.39 Å². The molecule has 0 aliphatic carbocycles. The summed E-state index contributed by atoms with van der Waals surface area (Å²) in [5.41, 5.74) is 1.05. The van der Waals surface area contributed by atoms with Crippen molar-refractivity contribution in [2.45, 2.75) is 10.1 Å². The summed E-state index contributed by atoms with van der Waals surface area (Å²) in [6, 6.07) is 17.3. The number of para-hydroxylation sites is 1. The number of benzene rings is 2. The van der Waals surface area contributed by atoms with Gasteiger partial charge in [-0.15, -0.1) is 0 Å². The maximum atomic E-state index is 12.5. The second-order valence-corrected chi connectivity index (χ2v) is 6.79. The van der Waals surface area contributed by atoms with Crippen LogP contribution in [0.5, 0.6) is 0 Å². The van der Waals surface area contributed by atoms with Crippen molar-refractivity contribution in [3.8, 4) is 11.5 Å². The molecule has 6 heteroatoms. The van der Waals surface area contributed by atoms with E-state index in [0.29, 0.717) is 17.0 Å². The smallest absolute Gasteiger partial charge is 0.320 e. The van der Waals surface area contributed by atoms with Crippen molar-refractivity contribution in [3.05, 3.63) is 66.9 Å². The summed E-state index contributed by atoms with van der Waals surface area (Å²) in [5.74, 6) is 0.462. The Bertz CT molecular complexity index is 1040. The summed E-state index contributed by atoms with van der Waals surface area (Å²) in [4.78, 5) is 4.21. The second kappa shape index (κ2) is 5.10. The number of hydrogen-bond donors (Lipinski definition) is 0. The highest BCUT2D eigenvalue weighted by Gasteiger charge is 2.24. The van der Waals surface area contributed by atoms with Crippen molar-refractivity contribution < 1.29 is 17.3 Å². The molecule has 5 nitrogen and oxygen atoms in total. The number of hydrogen-bond acceptors (Lipinski definition) is 5. The van der Waals surface area contributed by atoms with Gasteiger partial charge < -0.3 is 8.83 Å². The van der Waals surface area contributed by atoms with Crippen LogP contribution in [-0.4, -0.2) is 13.4 Å². The van der Waals surface area contributed by atoms with E-state index in [1.54, 1.807) is 24.3 Å². The van der Waals surface area contributed by atoms with Crippen molar-refractivity contribution in [2.75, 3.05) is 0 Å². The lowest BCUT2D eigenvalue weighted by molar-refractivity contribution is 0.430. The molecule has 23 heavy (non-hydrogen) atoms.